The normalized spacial score (nSPS) is 14.7. The molecule has 1 aliphatic rings. The van der Waals surface area contributed by atoms with Crippen molar-refractivity contribution in [3.63, 3.8) is 0 Å². The minimum atomic E-state index is -0.592. The molecule has 1 aliphatic heterocycles. The minimum Gasteiger partial charge on any atom is -0.493 e. The molecule has 0 bridgehead atoms. The number of hydrogen-bond acceptors (Lipinski definition) is 2. The summed E-state index contributed by atoms with van der Waals surface area (Å²) in [6.45, 7) is 2.67. The molecule has 1 N–H and O–H groups in total. The van der Waals surface area contributed by atoms with Gasteiger partial charge in [0.25, 0.3) is 0 Å². The van der Waals surface area contributed by atoms with E-state index in [9.17, 15) is 5.11 Å². The zero-order valence-electron chi connectivity index (χ0n) is 11.7. The van der Waals surface area contributed by atoms with E-state index in [1.807, 2.05) is 31.2 Å². The number of aliphatic hydroxyl groups excluding tert-OH is 1. The lowest BCUT2D eigenvalue weighted by Gasteiger charge is -2.15. The number of fused-ring (bicyclic) bond motifs is 1. The Morgan fingerprint density at radius 2 is 2.14 bits per heavy atom. The second-order valence-electron chi connectivity index (χ2n) is 5.38. The van der Waals surface area contributed by atoms with E-state index >= 15 is 0 Å². The van der Waals surface area contributed by atoms with Crippen molar-refractivity contribution >= 4 is 27.5 Å². The van der Waals surface area contributed by atoms with Crippen LogP contribution in [0.4, 0.5) is 0 Å². The Morgan fingerprint density at radius 1 is 1.33 bits per heavy atom. The van der Waals surface area contributed by atoms with Gasteiger partial charge in [0, 0.05) is 22.3 Å². The predicted octanol–water partition coefficient (Wildman–Crippen LogP) is 4.62. The molecule has 0 aliphatic carbocycles. The fourth-order valence-electron chi connectivity index (χ4n) is 2.64. The maximum atomic E-state index is 10.5. The molecule has 0 saturated carbocycles. The van der Waals surface area contributed by atoms with Crippen LogP contribution in [0.1, 0.15) is 28.4 Å². The molecule has 0 spiro atoms. The molecule has 1 heterocycles. The predicted molar refractivity (Wildman–Crippen MR) is 88.2 cm³/mol. The number of hydrogen-bond donors (Lipinski definition) is 1. The quantitative estimate of drug-likeness (QED) is 0.857. The topological polar surface area (TPSA) is 29.5 Å². The average Bonchev–Trinajstić information content (AvgIpc) is 2.90. The Bertz CT molecular complexity index is 685. The van der Waals surface area contributed by atoms with Crippen LogP contribution in [-0.4, -0.2) is 11.7 Å². The summed E-state index contributed by atoms with van der Waals surface area (Å²) in [5.74, 6) is 0.926. The monoisotopic (exact) mass is 366 g/mol. The van der Waals surface area contributed by atoms with Crippen LogP contribution < -0.4 is 4.74 Å². The van der Waals surface area contributed by atoms with Crippen LogP contribution >= 0.6 is 27.5 Å². The lowest BCUT2D eigenvalue weighted by Crippen LogP contribution is -2.04. The third kappa shape index (κ3) is 3.10. The second-order valence-corrected chi connectivity index (χ2v) is 6.70. The van der Waals surface area contributed by atoms with E-state index in [0.29, 0.717) is 18.1 Å². The Hall–Kier alpha value is -1.03. The fraction of sp³-hybridized carbons (Fsp3) is 0.294. The molecule has 1 atom stereocenters. The van der Waals surface area contributed by atoms with Gasteiger partial charge in [-0.2, -0.15) is 0 Å². The summed E-state index contributed by atoms with van der Waals surface area (Å²) in [6.07, 6.45) is 0.848. The molecule has 21 heavy (non-hydrogen) atoms. The zero-order valence-corrected chi connectivity index (χ0v) is 14.0. The molecule has 0 amide bonds. The Morgan fingerprint density at radius 3 is 2.90 bits per heavy atom. The lowest BCUT2D eigenvalue weighted by atomic mass is 9.98. The third-order valence-corrected chi connectivity index (χ3v) is 4.68. The molecule has 3 rings (SSSR count). The van der Waals surface area contributed by atoms with Crippen molar-refractivity contribution in [2.45, 2.75) is 25.9 Å². The fourth-order valence-corrected chi connectivity index (χ4v) is 3.38. The molecule has 1 unspecified atom stereocenters. The van der Waals surface area contributed by atoms with Gasteiger partial charge in [-0.25, -0.2) is 0 Å². The maximum Gasteiger partial charge on any atom is 0.125 e. The molecule has 110 valence electrons. The molecule has 0 aromatic heterocycles. The van der Waals surface area contributed by atoms with Crippen LogP contribution in [0.2, 0.25) is 5.02 Å². The summed E-state index contributed by atoms with van der Waals surface area (Å²) in [5.41, 5.74) is 4.08. The minimum absolute atomic E-state index is 0.515. The van der Waals surface area contributed by atoms with Gasteiger partial charge < -0.3 is 9.84 Å². The van der Waals surface area contributed by atoms with Crippen molar-refractivity contribution in [2.75, 3.05) is 6.61 Å². The molecule has 2 aromatic rings. The van der Waals surface area contributed by atoms with Gasteiger partial charge in [0.15, 0.2) is 0 Å². The van der Waals surface area contributed by atoms with Crippen LogP contribution in [0.3, 0.4) is 0 Å². The third-order valence-electron chi connectivity index (χ3n) is 3.82. The van der Waals surface area contributed by atoms with Crippen LogP contribution in [0.5, 0.6) is 5.75 Å². The summed E-state index contributed by atoms with van der Waals surface area (Å²) in [5, 5.41) is 11.2. The molecule has 2 nitrogen and oxygen atoms in total. The first-order valence-corrected chi connectivity index (χ1v) is 8.10. The molecule has 0 fully saturated rings. The van der Waals surface area contributed by atoms with E-state index < -0.39 is 6.10 Å². The van der Waals surface area contributed by atoms with Crippen LogP contribution in [0, 0.1) is 6.92 Å². The number of aliphatic hydroxyl groups is 1. The van der Waals surface area contributed by atoms with Gasteiger partial charge in [-0.1, -0.05) is 39.7 Å². The standard InChI is InChI=1S/C17H16BrClO2/c1-10-2-3-11(8-15(10)19)16(20)9-13-7-14(18)6-12-4-5-21-17(12)13/h2-3,6-8,16,20H,4-5,9H2,1H3. The van der Waals surface area contributed by atoms with Crippen LogP contribution in [-0.2, 0) is 12.8 Å². The molecular formula is C17H16BrClO2. The van der Waals surface area contributed by atoms with Crippen molar-refractivity contribution in [3.8, 4) is 5.75 Å². The molecule has 4 heteroatoms. The maximum absolute atomic E-state index is 10.5. The highest BCUT2D eigenvalue weighted by atomic mass is 79.9. The lowest BCUT2D eigenvalue weighted by molar-refractivity contribution is 0.177. The van der Waals surface area contributed by atoms with Gasteiger partial charge in [-0.15, -0.1) is 0 Å². The summed E-state index contributed by atoms with van der Waals surface area (Å²) in [6, 6.07) is 9.79. The van der Waals surface area contributed by atoms with Gasteiger partial charge in [0.2, 0.25) is 0 Å². The number of ether oxygens (including phenoxy) is 1. The van der Waals surface area contributed by atoms with E-state index in [1.165, 1.54) is 5.56 Å². The van der Waals surface area contributed by atoms with Crippen molar-refractivity contribution in [1.82, 2.24) is 0 Å². The number of rotatable bonds is 3. The van der Waals surface area contributed by atoms with E-state index in [1.54, 1.807) is 0 Å². The van der Waals surface area contributed by atoms with E-state index in [2.05, 4.69) is 22.0 Å². The summed E-state index contributed by atoms with van der Waals surface area (Å²) in [4.78, 5) is 0. The summed E-state index contributed by atoms with van der Waals surface area (Å²) >= 11 is 9.66. The summed E-state index contributed by atoms with van der Waals surface area (Å²) in [7, 11) is 0. The van der Waals surface area contributed by atoms with Gasteiger partial charge in [-0.3, -0.25) is 0 Å². The Labute approximate surface area is 137 Å². The first-order chi connectivity index (χ1) is 10.0. The first-order valence-electron chi connectivity index (χ1n) is 6.93. The van der Waals surface area contributed by atoms with E-state index in [0.717, 1.165) is 33.3 Å². The van der Waals surface area contributed by atoms with E-state index in [-0.39, 0.29) is 0 Å². The Kier molecular flexibility index (Phi) is 4.25. The number of halogens is 2. The molecule has 2 aromatic carbocycles. The van der Waals surface area contributed by atoms with Gasteiger partial charge >= 0.3 is 0 Å². The molecule has 0 radical (unpaired) electrons. The van der Waals surface area contributed by atoms with Gasteiger partial charge in [0.1, 0.15) is 5.75 Å². The zero-order chi connectivity index (χ0) is 15.0. The SMILES string of the molecule is Cc1ccc(C(O)Cc2cc(Br)cc3c2OCC3)cc1Cl. The highest BCUT2D eigenvalue weighted by Gasteiger charge is 2.20. The number of benzene rings is 2. The highest BCUT2D eigenvalue weighted by molar-refractivity contribution is 9.10. The first kappa shape index (κ1) is 14.9. The van der Waals surface area contributed by atoms with Crippen molar-refractivity contribution < 1.29 is 9.84 Å². The van der Waals surface area contributed by atoms with Crippen LogP contribution in [0.25, 0.3) is 0 Å². The van der Waals surface area contributed by atoms with Crippen LogP contribution in [0.15, 0.2) is 34.8 Å². The van der Waals surface area contributed by atoms with Crippen molar-refractivity contribution in [1.29, 1.82) is 0 Å². The van der Waals surface area contributed by atoms with E-state index in [4.69, 9.17) is 16.3 Å². The average molecular weight is 368 g/mol. The summed E-state index contributed by atoms with van der Waals surface area (Å²) < 4.78 is 6.73. The Balaban J connectivity index is 1.88. The van der Waals surface area contributed by atoms with Crippen molar-refractivity contribution in [2.24, 2.45) is 0 Å². The smallest absolute Gasteiger partial charge is 0.125 e. The van der Waals surface area contributed by atoms with Gasteiger partial charge in [-0.05, 0) is 47.4 Å². The molecular weight excluding hydrogens is 352 g/mol. The highest BCUT2D eigenvalue weighted by Crippen LogP contribution is 2.35. The van der Waals surface area contributed by atoms with Gasteiger partial charge in [0.05, 0.1) is 12.7 Å². The van der Waals surface area contributed by atoms with Crippen molar-refractivity contribution in [3.05, 3.63) is 62.1 Å². The number of aryl methyl sites for hydroxylation is 1. The largest absolute Gasteiger partial charge is 0.493 e. The molecule has 0 saturated heterocycles. The second kappa shape index (κ2) is 5.99.